The van der Waals surface area contributed by atoms with Crippen molar-refractivity contribution in [2.45, 2.75) is 45.6 Å². The number of likely N-dealkylation sites (N-methyl/N-ethyl adjacent to an activating group) is 1. The van der Waals surface area contributed by atoms with E-state index in [1.807, 2.05) is 28.0 Å². The van der Waals surface area contributed by atoms with Gasteiger partial charge in [0.05, 0.1) is 6.54 Å². The fourth-order valence-electron chi connectivity index (χ4n) is 4.29. The molecule has 2 aliphatic rings. The summed E-state index contributed by atoms with van der Waals surface area (Å²) < 4.78 is 0. The number of fused-ring (bicyclic) bond motifs is 1. The second kappa shape index (κ2) is 10.7. The zero-order valence-corrected chi connectivity index (χ0v) is 18.1. The van der Waals surface area contributed by atoms with Crippen LogP contribution in [0.5, 0.6) is 0 Å². The summed E-state index contributed by atoms with van der Waals surface area (Å²) in [7, 11) is 2.11. The molecule has 0 unspecified atom stereocenters. The van der Waals surface area contributed by atoms with E-state index in [1.54, 1.807) is 6.92 Å². The number of anilines is 1. The van der Waals surface area contributed by atoms with Crippen molar-refractivity contribution in [1.29, 1.82) is 0 Å². The lowest BCUT2D eigenvalue weighted by atomic mass is 10.1. The van der Waals surface area contributed by atoms with E-state index in [-0.39, 0.29) is 11.8 Å². The minimum atomic E-state index is 0.0922. The van der Waals surface area contributed by atoms with Crippen molar-refractivity contribution < 1.29 is 9.59 Å². The molecule has 6 heteroatoms. The molecule has 29 heavy (non-hydrogen) atoms. The van der Waals surface area contributed by atoms with E-state index in [1.165, 1.54) is 12.8 Å². The van der Waals surface area contributed by atoms with Gasteiger partial charge in [-0.05, 0) is 38.1 Å². The summed E-state index contributed by atoms with van der Waals surface area (Å²) in [6, 6.07) is 8.18. The SMILES string of the molecule is CC(=O)N1CCCCCCCN(CC(=O)N2CCN(C)CC2)Cc2ccccc21. The van der Waals surface area contributed by atoms with E-state index in [0.29, 0.717) is 13.1 Å². The highest BCUT2D eigenvalue weighted by atomic mass is 16.2. The van der Waals surface area contributed by atoms with Crippen LogP contribution in [-0.2, 0) is 16.1 Å². The van der Waals surface area contributed by atoms with Gasteiger partial charge in [0.1, 0.15) is 0 Å². The fraction of sp³-hybridized carbons (Fsp3) is 0.652. The average molecular weight is 401 g/mol. The van der Waals surface area contributed by atoms with Crippen LogP contribution in [0.1, 0.15) is 44.6 Å². The van der Waals surface area contributed by atoms with Crippen LogP contribution in [0.15, 0.2) is 24.3 Å². The topological polar surface area (TPSA) is 47.1 Å². The Hall–Kier alpha value is -1.92. The van der Waals surface area contributed by atoms with Crippen molar-refractivity contribution in [2.24, 2.45) is 0 Å². The monoisotopic (exact) mass is 400 g/mol. The molecule has 0 aliphatic carbocycles. The van der Waals surface area contributed by atoms with Crippen molar-refractivity contribution in [3.05, 3.63) is 29.8 Å². The van der Waals surface area contributed by atoms with Crippen LogP contribution >= 0.6 is 0 Å². The lowest BCUT2D eigenvalue weighted by molar-refractivity contribution is -0.134. The molecule has 160 valence electrons. The zero-order chi connectivity index (χ0) is 20.6. The van der Waals surface area contributed by atoms with Gasteiger partial charge in [-0.1, -0.05) is 37.5 Å². The first-order valence-electron chi connectivity index (χ1n) is 11.1. The number of nitrogens with zero attached hydrogens (tertiary/aromatic N) is 4. The predicted molar refractivity (Wildman–Crippen MR) is 117 cm³/mol. The molecule has 6 nitrogen and oxygen atoms in total. The van der Waals surface area contributed by atoms with Crippen molar-refractivity contribution in [2.75, 3.05) is 57.8 Å². The Morgan fingerprint density at radius 1 is 0.862 bits per heavy atom. The first kappa shape index (κ1) is 21.8. The Morgan fingerprint density at radius 2 is 1.52 bits per heavy atom. The summed E-state index contributed by atoms with van der Waals surface area (Å²) in [6.45, 7) is 8.04. The first-order chi connectivity index (χ1) is 14.0. The van der Waals surface area contributed by atoms with Crippen LogP contribution in [0.3, 0.4) is 0 Å². The molecule has 1 saturated heterocycles. The van der Waals surface area contributed by atoms with Gasteiger partial charge < -0.3 is 14.7 Å². The number of hydrogen-bond donors (Lipinski definition) is 0. The fourth-order valence-corrected chi connectivity index (χ4v) is 4.29. The molecule has 0 bridgehead atoms. The Labute approximate surface area is 175 Å². The number of carbonyl (C=O) groups is 2. The molecule has 0 N–H and O–H groups in total. The number of amides is 2. The van der Waals surface area contributed by atoms with Crippen LogP contribution in [0, 0.1) is 0 Å². The second-order valence-corrected chi connectivity index (χ2v) is 8.46. The van der Waals surface area contributed by atoms with Gasteiger partial charge in [0.15, 0.2) is 0 Å². The number of carbonyl (C=O) groups excluding carboxylic acids is 2. The lowest BCUT2D eigenvalue weighted by Gasteiger charge is -2.34. The Balaban J connectivity index is 1.75. The standard InChI is InChI=1S/C23H36N4O2/c1-20(28)27-13-9-5-3-4-8-12-25(18-21-10-6-7-11-22(21)27)19-23(29)26-16-14-24(2)15-17-26/h6-7,10-11H,3-5,8-9,12-19H2,1-2H3. The van der Waals surface area contributed by atoms with Gasteiger partial charge >= 0.3 is 0 Å². The van der Waals surface area contributed by atoms with Crippen LogP contribution in [0.2, 0.25) is 0 Å². The number of rotatable bonds is 2. The molecule has 0 spiro atoms. The summed E-state index contributed by atoms with van der Waals surface area (Å²) in [5, 5.41) is 0. The van der Waals surface area contributed by atoms with Crippen molar-refractivity contribution >= 4 is 17.5 Å². The van der Waals surface area contributed by atoms with Crippen LogP contribution in [0.4, 0.5) is 5.69 Å². The zero-order valence-electron chi connectivity index (χ0n) is 18.1. The summed E-state index contributed by atoms with van der Waals surface area (Å²) in [5.41, 5.74) is 2.13. The van der Waals surface area contributed by atoms with E-state index in [4.69, 9.17) is 0 Å². The molecule has 0 radical (unpaired) electrons. The molecule has 0 saturated carbocycles. The Bertz CT molecular complexity index is 685. The normalized spacial score (nSPS) is 20.5. The van der Waals surface area contributed by atoms with Gasteiger partial charge in [-0.2, -0.15) is 0 Å². The van der Waals surface area contributed by atoms with Crippen molar-refractivity contribution in [3.63, 3.8) is 0 Å². The number of hydrogen-bond acceptors (Lipinski definition) is 4. The van der Waals surface area contributed by atoms with E-state index in [2.05, 4.69) is 22.9 Å². The molecule has 0 aromatic heterocycles. The lowest BCUT2D eigenvalue weighted by Crippen LogP contribution is -2.50. The minimum Gasteiger partial charge on any atom is -0.339 e. The summed E-state index contributed by atoms with van der Waals surface area (Å²) in [4.78, 5) is 33.7. The first-order valence-corrected chi connectivity index (χ1v) is 11.1. The quantitative estimate of drug-likeness (QED) is 0.766. The van der Waals surface area contributed by atoms with Gasteiger partial charge in [-0.25, -0.2) is 0 Å². The van der Waals surface area contributed by atoms with E-state index >= 15 is 0 Å². The number of para-hydroxylation sites is 1. The van der Waals surface area contributed by atoms with Gasteiger partial charge in [0.2, 0.25) is 11.8 Å². The molecule has 0 atom stereocenters. The van der Waals surface area contributed by atoms with Gasteiger partial charge in [-0.3, -0.25) is 14.5 Å². The van der Waals surface area contributed by atoms with Crippen LogP contribution < -0.4 is 4.90 Å². The third-order valence-corrected chi connectivity index (χ3v) is 6.13. The van der Waals surface area contributed by atoms with Crippen LogP contribution in [0.25, 0.3) is 0 Å². The summed E-state index contributed by atoms with van der Waals surface area (Å²) >= 11 is 0. The molecular weight excluding hydrogens is 364 g/mol. The molecule has 1 aromatic rings. The van der Waals surface area contributed by atoms with E-state index in [0.717, 1.165) is 69.8 Å². The smallest absolute Gasteiger partial charge is 0.236 e. The molecule has 2 amide bonds. The number of benzene rings is 1. The van der Waals surface area contributed by atoms with Gasteiger partial charge in [0.25, 0.3) is 0 Å². The molecule has 2 aliphatic heterocycles. The van der Waals surface area contributed by atoms with Crippen molar-refractivity contribution in [3.8, 4) is 0 Å². The second-order valence-electron chi connectivity index (χ2n) is 8.46. The molecule has 2 heterocycles. The van der Waals surface area contributed by atoms with Gasteiger partial charge in [0, 0.05) is 51.9 Å². The number of piperazine rings is 1. The maximum absolute atomic E-state index is 12.9. The largest absolute Gasteiger partial charge is 0.339 e. The van der Waals surface area contributed by atoms with Gasteiger partial charge in [-0.15, -0.1) is 0 Å². The summed E-state index contributed by atoms with van der Waals surface area (Å²) in [6.07, 6.45) is 5.68. The molecule has 3 rings (SSSR count). The summed E-state index contributed by atoms with van der Waals surface area (Å²) in [5.74, 6) is 0.320. The van der Waals surface area contributed by atoms with Crippen LogP contribution in [-0.4, -0.2) is 79.4 Å². The van der Waals surface area contributed by atoms with E-state index in [9.17, 15) is 9.59 Å². The molecule has 1 fully saturated rings. The highest BCUT2D eigenvalue weighted by Crippen LogP contribution is 2.24. The third kappa shape index (κ3) is 6.28. The maximum atomic E-state index is 12.9. The van der Waals surface area contributed by atoms with Crippen molar-refractivity contribution in [1.82, 2.24) is 14.7 Å². The maximum Gasteiger partial charge on any atom is 0.236 e. The molecule has 1 aromatic carbocycles. The Kier molecular flexibility index (Phi) is 8.07. The van der Waals surface area contributed by atoms with E-state index < -0.39 is 0 Å². The Morgan fingerprint density at radius 3 is 2.24 bits per heavy atom. The highest BCUT2D eigenvalue weighted by molar-refractivity contribution is 5.92. The molecular formula is C23H36N4O2. The minimum absolute atomic E-state index is 0.0922. The average Bonchev–Trinajstić information content (AvgIpc) is 2.69. The highest BCUT2D eigenvalue weighted by Gasteiger charge is 2.23. The predicted octanol–water partition coefficient (Wildman–Crippen LogP) is 2.58. The third-order valence-electron chi connectivity index (χ3n) is 6.13.